The maximum Gasteiger partial charge on any atom is 0.419 e. The average molecular weight is 614 g/mol. The van der Waals surface area contributed by atoms with Gasteiger partial charge in [0.2, 0.25) is 0 Å². The molecule has 0 saturated heterocycles. The van der Waals surface area contributed by atoms with E-state index < -0.39 is 81.3 Å². The molecule has 3 aromatic carbocycles. The van der Waals surface area contributed by atoms with Crippen molar-refractivity contribution in [3.8, 4) is 0 Å². The third kappa shape index (κ3) is 6.98. The topological polar surface area (TPSA) is 42.0 Å². The molecule has 43 heavy (non-hydrogen) atoms. The van der Waals surface area contributed by atoms with Gasteiger partial charge in [-0.1, -0.05) is 30.3 Å². The number of halogens is 10. The van der Waals surface area contributed by atoms with Gasteiger partial charge in [-0.15, -0.1) is 0 Å². The number of hydrogen-bond acceptors (Lipinski definition) is 2. The van der Waals surface area contributed by atoms with Gasteiger partial charge < -0.3 is 5.32 Å². The largest absolute Gasteiger partial charge is 0.419 e. The molecule has 0 bridgehead atoms. The molecule has 0 aliphatic rings. The highest BCUT2D eigenvalue weighted by molar-refractivity contribution is 5.95. The van der Waals surface area contributed by atoms with Crippen molar-refractivity contribution in [3.05, 3.63) is 136 Å². The molecule has 226 valence electrons. The summed E-state index contributed by atoms with van der Waals surface area (Å²) in [5.74, 6) is -8.01. The van der Waals surface area contributed by atoms with E-state index in [2.05, 4.69) is 10.3 Å². The minimum Gasteiger partial charge on any atom is -0.337 e. The van der Waals surface area contributed by atoms with Gasteiger partial charge in [-0.05, 0) is 59.7 Å². The Kier molecular flexibility index (Phi) is 8.31. The number of alkyl halides is 8. The van der Waals surface area contributed by atoms with E-state index in [1.54, 1.807) is 6.07 Å². The Morgan fingerprint density at radius 3 is 1.98 bits per heavy atom. The maximum atomic E-state index is 14.8. The van der Waals surface area contributed by atoms with Gasteiger partial charge in [0, 0.05) is 30.7 Å². The van der Waals surface area contributed by atoms with Crippen molar-refractivity contribution in [1.29, 1.82) is 0 Å². The zero-order chi connectivity index (χ0) is 31.8. The molecule has 1 unspecified atom stereocenters. The van der Waals surface area contributed by atoms with Crippen LogP contribution in [0.3, 0.4) is 0 Å². The van der Waals surface area contributed by atoms with Crippen molar-refractivity contribution in [1.82, 2.24) is 10.3 Å². The van der Waals surface area contributed by atoms with Crippen LogP contribution in [0.2, 0.25) is 0 Å². The molecule has 0 saturated carbocycles. The molecule has 4 rings (SSSR count). The summed E-state index contributed by atoms with van der Waals surface area (Å²) >= 11 is 0. The molecule has 4 aromatic rings. The maximum absolute atomic E-state index is 14.8. The van der Waals surface area contributed by atoms with Crippen molar-refractivity contribution in [2.24, 2.45) is 0 Å². The first-order valence-corrected chi connectivity index (χ1v) is 12.4. The van der Waals surface area contributed by atoms with Crippen molar-refractivity contribution >= 4 is 5.91 Å². The molecule has 0 aliphatic heterocycles. The number of hydrogen-bond donors (Lipinski definition) is 1. The van der Waals surface area contributed by atoms with E-state index in [4.69, 9.17) is 0 Å². The molecule has 1 N–H and O–H groups in total. The summed E-state index contributed by atoms with van der Waals surface area (Å²) in [6.45, 7) is 0.540. The predicted molar refractivity (Wildman–Crippen MR) is 135 cm³/mol. The van der Waals surface area contributed by atoms with Gasteiger partial charge in [0.1, 0.15) is 17.2 Å². The van der Waals surface area contributed by atoms with E-state index in [1.807, 2.05) is 0 Å². The van der Waals surface area contributed by atoms with Gasteiger partial charge in [0.25, 0.3) is 11.8 Å². The Labute approximate surface area is 238 Å². The molecule has 13 heteroatoms. The third-order valence-electron chi connectivity index (χ3n) is 6.60. The molecular formula is C30H20F10N2O. The van der Waals surface area contributed by atoms with Crippen LogP contribution in [-0.2, 0) is 30.2 Å². The fourth-order valence-corrected chi connectivity index (χ4v) is 4.51. The molecule has 3 nitrogen and oxygen atoms in total. The second kappa shape index (κ2) is 11.3. The van der Waals surface area contributed by atoms with Gasteiger partial charge in [-0.3, -0.25) is 9.78 Å². The summed E-state index contributed by atoms with van der Waals surface area (Å²) in [6, 6.07) is 11.9. The second-order valence-corrected chi connectivity index (χ2v) is 9.76. The summed E-state index contributed by atoms with van der Waals surface area (Å²) in [7, 11) is 0. The van der Waals surface area contributed by atoms with Crippen LogP contribution in [0.25, 0.3) is 0 Å². The number of nitrogens with zero attached hydrogens (tertiary/aromatic N) is 1. The van der Waals surface area contributed by atoms with Crippen LogP contribution in [0, 0.1) is 11.6 Å². The van der Waals surface area contributed by atoms with Crippen LogP contribution in [0.15, 0.2) is 85.1 Å². The predicted octanol–water partition coefficient (Wildman–Crippen LogP) is 8.43. The van der Waals surface area contributed by atoms with Crippen LogP contribution < -0.4 is 5.32 Å². The lowest BCUT2D eigenvalue weighted by Crippen LogP contribution is -2.49. The van der Waals surface area contributed by atoms with Crippen LogP contribution in [-0.4, -0.2) is 10.9 Å². The lowest BCUT2D eigenvalue weighted by atomic mass is 9.79. The van der Waals surface area contributed by atoms with Gasteiger partial charge >= 0.3 is 12.4 Å². The lowest BCUT2D eigenvalue weighted by Gasteiger charge is -2.36. The van der Waals surface area contributed by atoms with Gasteiger partial charge in [0.15, 0.2) is 0 Å². The molecule has 1 heterocycles. The Morgan fingerprint density at radius 2 is 1.40 bits per heavy atom. The zero-order valence-electron chi connectivity index (χ0n) is 21.9. The number of amides is 1. The fraction of sp³-hybridized carbons (Fsp3) is 0.200. The smallest absolute Gasteiger partial charge is 0.337 e. The summed E-state index contributed by atoms with van der Waals surface area (Å²) in [5, 5.41) is 2.37. The van der Waals surface area contributed by atoms with E-state index in [-0.39, 0.29) is 12.1 Å². The number of benzene rings is 3. The Balaban J connectivity index is 2.01. The van der Waals surface area contributed by atoms with E-state index in [1.165, 1.54) is 24.3 Å². The van der Waals surface area contributed by atoms with Crippen LogP contribution in [0.4, 0.5) is 43.9 Å². The number of rotatable bonds is 7. The SMILES string of the molecule is CC(F)(F)c1ccnc(C(Cc2ccccc2)(NC(=O)c2ccc(C(F)(F)F)c(F)c2)c2cc(F)cc(C(F)(F)F)c2)c1. The first-order chi connectivity index (χ1) is 19.9. The zero-order valence-corrected chi connectivity index (χ0v) is 21.9. The van der Waals surface area contributed by atoms with Gasteiger partial charge in [-0.2, -0.15) is 26.3 Å². The molecule has 1 atom stereocenters. The monoisotopic (exact) mass is 614 g/mol. The van der Waals surface area contributed by atoms with Crippen molar-refractivity contribution in [2.45, 2.75) is 37.2 Å². The van der Waals surface area contributed by atoms with Crippen molar-refractivity contribution in [2.75, 3.05) is 0 Å². The number of nitrogens with one attached hydrogen (secondary N) is 1. The third-order valence-corrected chi connectivity index (χ3v) is 6.60. The molecule has 0 radical (unpaired) electrons. The van der Waals surface area contributed by atoms with E-state index in [9.17, 15) is 48.7 Å². The Hall–Kier alpha value is -4.42. The van der Waals surface area contributed by atoms with Gasteiger partial charge in [-0.25, -0.2) is 17.6 Å². The molecule has 0 spiro atoms. The van der Waals surface area contributed by atoms with Crippen molar-refractivity contribution in [3.63, 3.8) is 0 Å². The van der Waals surface area contributed by atoms with Crippen LogP contribution in [0.5, 0.6) is 0 Å². The standard InChI is InChI=1S/C30H20F10N2O/c1-27(33,34)19-9-10-41-25(15-19)28(16-17-5-3-2-4-6-17,20-12-21(29(35,36)37)14-22(31)13-20)42-26(43)18-7-8-23(24(32)11-18)30(38,39)40/h2-15H,16H2,1H3,(H,42,43). The summed E-state index contributed by atoms with van der Waals surface area (Å²) in [4.78, 5) is 17.6. The number of carbonyl (C=O) groups excluding carboxylic acids is 1. The molecular weight excluding hydrogens is 594 g/mol. The van der Waals surface area contributed by atoms with Crippen LogP contribution >= 0.6 is 0 Å². The minimum atomic E-state index is -5.10. The first-order valence-electron chi connectivity index (χ1n) is 12.4. The van der Waals surface area contributed by atoms with Gasteiger partial charge in [0.05, 0.1) is 16.8 Å². The average Bonchev–Trinajstić information content (AvgIpc) is 2.91. The Bertz CT molecular complexity index is 1630. The number of aromatic nitrogens is 1. The molecule has 0 aliphatic carbocycles. The van der Waals surface area contributed by atoms with Crippen LogP contribution in [0.1, 0.15) is 50.8 Å². The first kappa shape index (κ1) is 31.5. The molecule has 1 aromatic heterocycles. The summed E-state index contributed by atoms with van der Waals surface area (Å²) < 4.78 is 139. The van der Waals surface area contributed by atoms with E-state index >= 15 is 0 Å². The highest BCUT2D eigenvalue weighted by atomic mass is 19.4. The minimum absolute atomic E-state index is 0.188. The van der Waals surface area contributed by atoms with E-state index in [0.29, 0.717) is 36.8 Å². The quantitative estimate of drug-likeness (QED) is 0.213. The highest BCUT2D eigenvalue weighted by Crippen LogP contribution is 2.39. The second-order valence-electron chi connectivity index (χ2n) is 9.76. The Morgan fingerprint density at radius 1 is 0.744 bits per heavy atom. The fourth-order valence-electron chi connectivity index (χ4n) is 4.51. The highest BCUT2D eigenvalue weighted by Gasteiger charge is 2.42. The summed E-state index contributed by atoms with van der Waals surface area (Å²) in [6.07, 6.45) is -9.76. The number of carbonyl (C=O) groups is 1. The molecule has 0 fully saturated rings. The number of pyridine rings is 1. The van der Waals surface area contributed by atoms with E-state index in [0.717, 1.165) is 18.3 Å². The normalized spacial score (nSPS) is 13.8. The summed E-state index contributed by atoms with van der Waals surface area (Å²) in [5.41, 5.74) is -7.55. The lowest BCUT2D eigenvalue weighted by molar-refractivity contribution is -0.140. The molecule has 1 amide bonds. The van der Waals surface area contributed by atoms with Crippen molar-refractivity contribution < 1.29 is 48.7 Å².